The first-order valence-electron chi connectivity index (χ1n) is 12.0. The summed E-state index contributed by atoms with van der Waals surface area (Å²) in [6.45, 7) is 8.67. The van der Waals surface area contributed by atoms with Crippen LogP contribution in [0.5, 0.6) is 0 Å². The van der Waals surface area contributed by atoms with Crippen molar-refractivity contribution in [2.24, 2.45) is 0 Å². The number of rotatable bonds is 10. The number of hydrogen-bond donors (Lipinski definition) is 3. The van der Waals surface area contributed by atoms with Gasteiger partial charge in [0.05, 0.1) is 6.54 Å². The molecule has 0 aliphatic carbocycles. The second-order valence-electron chi connectivity index (χ2n) is 9.08. The lowest BCUT2D eigenvalue weighted by molar-refractivity contribution is -0.115. The van der Waals surface area contributed by atoms with E-state index in [2.05, 4.69) is 24.1 Å². The maximum Gasteiger partial charge on any atom is 0.330 e. The number of hydrogen-bond acceptors (Lipinski definition) is 5. The summed E-state index contributed by atoms with van der Waals surface area (Å²) in [5, 5.41) is 3.04. The van der Waals surface area contributed by atoms with Crippen molar-refractivity contribution >= 4 is 23.1 Å². The van der Waals surface area contributed by atoms with E-state index in [1.54, 1.807) is 4.90 Å². The number of carbonyl (C=O) groups excluding carboxylic acids is 1. The van der Waals surface area contributed by atoms with Gasteiger partial charge in [0, 0.05) is 18.8 Å². The number of anilines is 3. The van der Waals surface area contributed by atoms with Crippen LogP contribution in [0.2, 0.25) is 0 Å². The van der Waals surface area contributed by atoms with Crippen molar-refractivity contribution in [3.63, 3.8) is 0 Å². The van der Waals surface area contributed by atoms with Crippen LogP contribution in [0.15, 0.2) is 58.1 Å². The van der Waals surface area contributed by atoms with Crippen LogP contribution in [-0.2, 0) is 17.9 Å². The number of benzene rings is 2. The van der Waals surface area contributed by atoms with Gasteiger partial charge in [0.1, 0.15) is 11.5 Å². The van der Waals surface area contributed by atoms with E-state index < -0.39 is 11.2 Å². The lowest BCUT2D eigenvalue weighted by Crippen LogP contribution is -2.41. The highest BCUT2D eigenvalue weighted by Gasteiger charge is 2.22. The van der Waals surface area contributed by atoms with Crippen molar-refractivity contribution < 1.29 is 4.79 Å². The molecule has 2 aromatic carbocycles. The van der Waals surface area contributed by atoms with Gasteiger partial charge in [-0.25, -0.2) is 4.79 Å². The fourth-order valence-corrected chi connectivity index (χ4v) is 4.13. The van der Waals surface area contributed by atoms with E-state index >= 15 is 0 Å². The first-order valence-corrected chi connectivity index (χ1v) is 12.0. The SMILES string of the molecule is CCCCn1c(N)c(N(CC(=O)Nc2c(C)cccc2C(C)C)Cc2ccccc2)c(=O)[nH]c1=O. The Morgan fingerprint density at radius 3 is 2.49 bits per heavy atom. The Kier molecular flexibility index (Phi) is 8.52. The molecule has 0 fully saturated rings. The van der Waals surface area contributed by atoms with E-state index in [4.69, 9.17) is 5.73 Å². The summed E-state index contributed by atoms with van der Waals surface area (Å²) in [6, 6.07) is 15.5. The summed E-state index contributed by atoms with van der Waals surface area (Å²) in [4.78, 5) is 42.7. The zero-order valence-electron chi connectivity index (χ0n) is 20.9. The molecule has 3 aromatic rings. The van der Waals surface area contributed by atoms with Gasteiger partial charge in [0.2, 0.25) is 5.91 Å². The average molecular weight is 478 g/mol. The topological polar surface area (TPSA) is 113 Å². The summed E-state index contributed by atoms with van der Waals surface area (Å²) in [7, 11) is 0. The monoisotopic (exact) mass is 477 g/mol. The Hall–Kier alpha value is -3.81. The summed E-state index contributed by atoms with van der Waals surface area (Å²) in [6.07, 6.45) is 1.60. The molecule has 1 aromatic heterocycles. The molecule has 0 saturated carbocycles. The zero-order valence-corrected chi connectivity index (χ0v) is 20.9. The van der Waals surface area contributed by atoms with Gasteiger partial charge in [-0.1, -0.05) is 75.7 Å². The van der Waals surface area contributed by atoms with Gasteiger partial charge >= 0.3 is 5.69 Å². The number of nitrogen functional groups attached to an aromatic ring is 1. The van der Waals surface area contributed by atoms with Gasteiger partial charge in [-0.2, -0.15) is 0 Å². The van der Waals surface area contributed by atoms with Crippen molar-refractivity contribution in [2.75, 3.05) is 22.5 Å². The van der Waals surface area contributed by atoms with Crippen LogP contribution >= 0.6 is 0 Å². The first-order chi connectivity index (χ1) is 16.7. The largest absolute Gasteiger partial charge is 0.383 e. The smallest absolute Gasteiger partial charge is 0.330 e. The van der Waals surface area contributed by atoms with Crippen molar-refractivity contribution in [1.29, 1.82) is 0 Å². The summed E-state index contributed by atoms with van der Waals surface area (Å²) in [5.74, 6) is 0.0168. The number of carbonyl (C=O) groups is 1. The lowest BCUT2D eigenvalue weighted by Gasteiger charge is -2.26. The number of amides is 1. The minimum atomic E-state index is -0.609. The molecule has 8 heteroatoms. The number of aromatic nitrogens is 2. The molecule has 0 atom stereocenters. The van der Waals surface area contributed by atoms with Crippen molar-refractivity contribution in [1.82, 2.24) is 9.55 Å². The fraction of sp³-hybridized carbons (Fsp3) is 0.370. The van der Waals surface area contributed by atoms with Crippen molar-refractivity contribution in [3.05, 3.63) is 86.1 Å². The second-order valence-corrected chi connectivity index (χ2v) is 9.08. The first kappa shape index (κ1) is 25.8. The van der Waals surface area contributed by atoms with Crippen molar-refractivity contribution in [2.45, 2.75) is 59.5 Å². The third-order valence-corrected chi connectivity index (χ3v) is 6.01. The number of nitrogens with zero attached hydrogens (tertiary/aromatic N) is 2. The molecule has 186 valence electrons. The lowest BCUT2D eigenvalue weighted by atomic mass is 9.98. The molecule has 0 spiro atoms. The fourth-order valence-electron chi connectivity index (χ4n) is 4.13. The van der Waals surface area contributed by atoms with Crippen LogP contribution in [0.3, 0.4) is 0 Å². The van der Waals surface area contributed by atoms with E-state index in [1.165, 1.54) is 4.57 Å². The molecule has 35 heavy (non-hydrogen) atoms. The summed E-state index contributed by atoms with van der Waals surface area (Å²) in [5.41, 5.74) is 9.02. The summed E-state index contributed by atoms with van der Waals surface area (Å²) >= 11 is 0. The predicted octanol–water partition coefficient (Wildman–Crippen LogP) is 4.00. The highest BCUT2D eigenvalue weighted by molar-refractivity contribution is 5.96. The number of unbranched alkanes of at least 4 members (excludes halogenated alkanes) is 1. The molecular formula is C27H35N5O3. The minimum Gasteiger partial charge on any atom is -0.383 e. The molecule has 0 unspecified atom stereocenters. The van der Waals surface area contributed by atoms with Gasteiger partial charge in [0.25, 0.3) is 5.56 Å². The zero-order chi connectivity index (χ0) is 25.5. The Morgan fingerprint density at radius 2 is 1.83 bits per heavy atom. The predicted molar refractivity (Wildman–Crippen MR) is 142 cm³/mol. The highest BCUT2D eigenvalue weighted by Crippen LogP contribution is 2.28. The number of nitrogens with one attached hydrogen (secondary N) is 2. The maximum absolute atomic E-state index is 13.3. The third kappa shape index (κ3) is 6.20. The van der Waals surface area contributed by atoms with E-state index in [-0.39, 0.29) is 36.4 Å². The van der Waals surface area contributed by atoms with Gasteiger partial charge in [-0.15, -0.1) is 0 Å². The molecule has 8 nitrogen and oxygen atoms in total. The normalized spacial score (nSPS) is 11.0. The Bertz CT molecular complexity index is 1280. The van der Waals surface area contributed by atoms with Crippen molar-refractivity contribution in [3.8, 4) is 0 Å². The van der Waals surface area contributed by atoms with E-state index in [0.717, 1.165) is 35.2 Å². The van der Waals surface area contributed by atoms with Crippen LogP contribution in [0, 0.1) is 6.92 Å². The molecule has 1 heterocycles. The van der Waals surface area contributed by atoms with Crippen LogP contribution in [-0.4, -0.2) is 22.0 Å². The Balaban J connectivity index is 2.00. The van der Waals surface area contributed by atoms with Gasteiger partial charge in [-0.05, 0) is 36.0 Å². The third-order valence-electron chi connectivity index (χ3n) is 6.01. The molecule has 0 aliphatic rings. The number of nitrogens with two attached hydrogens (primary N) is 1. The standard InChI is InChI=1S/C27H35N5O3/c1-5-6-15-32-25(28)24(26(34)30-27(32)35)31(16-20-12-8-7-9-13-20)17-22(33)29-23-19(4)11-10-14-21(23)18(2)3/h7-14,18H,5-6,15-17,28H2,1-4H3,(H,29,33)(H,30,34,35). The Morgan fingerprint density at radius 1 is 1.11 bits per heavy atom. The molecule has 0 bridgehead atoms. The molecular weight excluding hydrogens is 442 g/mol. The van der Waals surface area contributed by atoms with Gasteiger partial charge in [0.15, 0.2) is 0 Å². The minimum absolute atomic E-state index is 0.0645. The second kappa shape index (κ2) is 11.6. The van der Waals surface area contributed by atoms with Crippen LogP contribution < -0.4 is 27.2 Å². The maximum atomic E-state index is 13.3. The number of aromatic amines is 1. The molecule has 4 N–H and O–H groups in total. The van der Waals surface area contributed by atoms with E-state index in [9.17, 15) is 14.4 Å². The molecule has 3 rings (SSSR count). The quantitative estimate of drug-likeness (QED) is 0.409. The molecule has 0 aliphatic heterocycles. The molecule has 0 radical (unpaired) electrons. The number of aryl methyl sites for hydroxylation is 1. The van der Waals surface area contributed by atoms with Crippen LogP contribution in [0.4, 0.5) is 17.2 Å². The molecule has 1 amide bonds. The summed E-state index contributed by atoms with van der Waals surface area (Å²) < 4.78 is 1.37. The van der Waals surface area contributed by atoms with E-state index in [0.29, 0.717) is 6.54 Å². The van der Waals surface area contributed by atoms with E-state index in [1.807, 2.05) is 62.4 Å². The Labute approximate surface area is 205 Å². The number of para-hydroxylation sites is 1. The van der Waals surface area contributed by atoms with Crippen LogP contribution in [0.1, 0.15) is 56.2 Å². The van der Waals surface area contributed by atoms with Gasteiger partial charge < -0.3 is 16.0 Å². The average Bonchev–Trinajstić information content (AvgIpc) is 2.80. The van der Waals surface area contributed by atoms with Gasteiger partial charge in [-0.3, -0.25) is 19.1 Å². The van der Waals surface area contributed by atoms with Crippen LogP contribution in [0.25, 0.3) is 0 Å². The number of H-pyrrole nitrogens is 1. The highest BCUT2D eigenvalue weighted by atomic mass is 16.2. The molecule has 0 saturated heterocycles.